The van der Waals surface area contributed by atoms with Gasteiger partial charge in [0.15, 0.2) is 0 Å². The Morgan fingerprint density at radius 3 is 2.41 bits per heavy atom. The van der Waals surface area contributed by atoms with Crippen LogP contribution in [-0.2, 0) is 11.3 Å². The van der Waals surface area contributed by atoms with Crippen LogP contribution in [0.5, 0.6) is 0 Å². The molecular formula is C11H15F3N2O. The SMILES string of the molecule is CN(CC(F)(F)F)C(=O)CCCn1cccc1. The van der Waals surface area contributed by atoms with Gasteiger partial charge in [-0.3, -0.25) is 4.79 Å². The first-order chi connectivity index (χ1) is 7.88. The summed E-state index contributed by atoms with van der Waals surface area (Å²) in [5, 5.41) is 0. The Labute approximate surface area is 97.8 Å². The molecule has 0 radical (unpaired) electrons. The van der Waals surface area contributed by atoms with Gasteiger partial charge in [0.1, 0.15) is 6.54 Å². The zero-order valence-electron chi connectivity index (χ0n) is 9.57. The number of hydrogen-bond donors (Lipinski definition) is 0. The predicted molar refractivity (Wildman–Crippen MR) is 57.4 cm³/mol. The third kappa shape index (κ3) is 5.42. The van der Waals surface area contributed by atoms with Crippen LogP contribution in [0.25, 0.3) is 0 Å². The highest BCUT2D eigenvalue weighted by Crippen LogP contribution is 2.16. The molecule has 0 atom stereocenters. The fraction of sp³-hybridized carbons (Fsp3) is 0.545. The number of carbonyl (C=O) groups is 1. The Kier molecular flexibility index (Phi) is 4.60. The van der Waals surface area contributed by atoms with Crippen molar-refractivity contribution in [1.82, 2.24) is 9.47 Å². The molecule has 0 bridgehead atoms. The van der Waals surface area contributed by atoms with Crippen LogP contribution in [0.2, 0.25) is 0 Å². The van der Waals surface area contributed by atoms with E-state index in [0.717, 1.165) is 4.90 Å². The molecule has 0 fully saturated rings. The van der Waals surface area contributed by atoms with Crippen molar-refractivity contribution in [3.8, 4) is 0 Å². The van der Waals surface area contributed by atoms with E-state index in [4.69, 9.17) is 0 Å². The van der Waals surface area contributed by atoms with Crippen molar-refractivity contribution >= 4 is 5.91 Å². The maximum absolute atomic E-state index is 12.0. The summed E-state index contributed by atoms with van der Waals surface area (Å²) in [6.07, 6.45) is 0.0408. The highest BCUT2D eigenvalue weighted by molar-refractivity contribution is 5.75. The highest BCUT2D eigenvalue weighted by atomic mass is 19.4. The molecule has 1 amide bonds. The lowest BCUT2D eigenvalue weighted by molar-refractivity contribution is -0.158. The second-order valence-electron chi connectivity index (χ2n) is 3.89. The van der Waals surface area contributed by atoms with Gasteiger partial charge in [0.05, 0.1) is 0 Å². The maximum atomic E-state index is 12.0. The smallest absolute Gasteiger partial charge is 0.354 e. The summed E-state index contributed by atoms with van der Waals surface area (Å²) in [6, 6.07) is 3.72. The molecule has 0 aliphatic rings. The number of carbonyl (C=O) groups excluding carboxylic acids is 1. The highest BCUT2D eigenvalue weighted by Gasteiger charge is 2.30. The summed E-state index contributed by atoms with van der Waals surface area (Å²) in [7, 11) is 1.17. The van der Waals surface area contributed by atoms with E-state index in [0.29, 0.717) is 13.0 Å². The molecule has 1 rings (SSSR count). The van der Waals surface area contributed by atoms with E-state index in [1.165, 1.54) is 7.05 Å². The van der Waals surface area contributed by atoms with Crippen molar-refractivity contribution < 1.29 is 18.0 Å². The second kappa shape index (κ2) is 5.75. The van der Waals surface area contributed by atoms with E-state index in [2.05, 4.69) is 0 Å². The van der Waals surface area contributed by atoms with Gasteiger partial charge in [-0.05, 0) is 18.6 Å². The van der Waals surface area contributed by atoms with Gasteiger partial charge in [-0.1, -0.05) is 0 Å². The molecule has 0 saturated carbocycles. The zero-order valence-corrected chi connectivity index (χ0v) is 9.57. The van der Waals surface area contributed by atoms with Crippen molar-refractivity contribution in [2.45, 2.75) is 25.6 Å². The zero-order chi connectivity index (χ0) is 12.9. The number of amides is 1. The standard InChI is InChI=1S/C11H15F3N2O/c1-15(9-11(12,13)14)10(17)5-4-8-16-6-2-3-7-16/h2-3,6-7H,4-5,8-9H2,1H3. The van der Waals surface area contributed by atoms with E-state index in [9.17, 15) is 18.0 Å². The topological polar surface area (TPSA) is 25.2 Å². The van der Waals surface area contributed by atoms with Gasteiger partial charge in [0.2, 0.25) is 5.91 Å². The van der Waals surface area contributed by atoms with Gasteiger partial charge >= 0.3 is 6.18 Å². The molecule has 17 heavy (non-hydrogen) atoms. The van der Waals surface area contributed by atoms with Crippen LogP contribution in [0.4, 0.5) is 13.2 Å². The van der Waals surface area contributed by atoms with E-state index in [1.54, 1.807) is 0 Å². The van der Waals surface area contributed by atoms with Crippen LogP contribution in [0.15, 0.2) is 24.5 Å². The first kappa shape index (κ1) is 13.6. The molecule has 0 saturated heterocycles. The molecule has 0 N–H and O–H groups in total. The fourth-order valence-corrected chi connectivity index (χ4v) is 1.48. The van der Waals surface area contributed by atoms with Crippen LogP contribution in [0.1, 0.15) is 12.8 Å². The van der Waals surface area contributed by atoms with Crippen LogP contribution in [0.3, 0.4) is 0 Å². The lowest BCUT2D eigenvalue weighted by Gasteiger charge is -2.18. The van der Waals surface area contributed by atoms with E-state index in [1.807, 2.05) is 29.1 Å². The van der Waals surface area contributed by atoms with Gasteiger partial charge < -0.3 is 9.47 Å². The van der Waals surface area contributed by atoms with Gasteiger partial charge in [0, 0.05) is 32.4 Å². The number of halogens is 3. The number of rotatable bonds is 5. The lowest BCUT2D eigenvalue weighted by atomic mass is 10.3. The van der Waals surface area contributed by atoms with E-state index >= 15 is 0 Å². The molecule has 0 aliphatic heterocycles. The Balaban J connectivity index is 2.25. The van der Waals surface area contributed by atoms with Crippen molar-refractivity contribution in [2.24, 2.45) is 0 Å². The molecule has 1 heterocycles. The van der Waals surface area contributed by atoms with Crippen LogP contribution < -0.4 is 0 Å². The summed E-state index contributed by atoms with van der Waals surface area (Å²) < 4.78 is 37.9. The minimum absolute atomic E-state index is 0.130. The quantitative estimate of drug-likeness (QED) is 0.784. The molecule has 0 spiro atoms. The minimum atomic E-state index is -4.33. The van der Waals surface area contributed by atoms with E-state index < -0.39 is 18.6 Å². The molecule has 0 unspecified atom stereocenters. The second-order valence-corrected chi connectivity index (χ2v) is 3.89. The Bertz CT molecular complexity index is 346. The summed E-state index contributed by atoms with van der Waals surface area (Å²) in [4.78, 5) is 12.1. The average Bonchev–Trinajstić information content (AvgIpc) is 2.67. The average molecular weight is 248 g/mol. The molecule has 0 aliphatic carbocycles. The Hall–Kier alpha value is -1.46. The number of aromatic nitrogens is 1. The molecule has 0 aromatic carbocycles. The van der Waals surface area contributed by atoms with Crippen LogP contribution in [0, 0.1) is 0 Å². The number of hydrogen-bond acceptors (Lipinski definition) is 1. The summed E-state index contributed by atoms with van der Waals surface area (Å²) in [5.41, 5.74) is 0. The molecular weight excluding hydrogens is 233 g/mol. The van der Waals surface area contributed by atoms with Crippen molar-refractivity contribution in [3.63, 3.8) is 0 Å². The van der Waals surface area contributed by atoms with E-state index in [-0.39, 0.29) is 6.42 Å². The van der Waals surface area contributed by atoms with Crippen molar-refractivity contribution in [3.05, 3.63) is 24.5 Å². The fourth-order valence-electron chi connectivity index (χ4n) is 1.48. The molecule has 3 nitrogen and oxygen atoms in total. The number of aryl methyl sites for hydroxylation is 1. The maximum Gasteiger partial charge on any atom is 0.406 e. The van der Waals surface area contributed by atoms with Gasteiger partial charge in [-0.2, -0.15) is 13.2 Å². The Morgan fingerprint density at radius 2 is 1.88 bits per heavy atom. The first-order valence-corrected chi connectivity index (χ1v) is 5.30. The molecule has 96 valence electrons. The number of alkyl halides is 3. The first-order valence-electron chi connectivity index (χ1n) is 5.30. The van der Waals surface area contributed by atoms with Crippen LogP contribution in [-0.4, -0.2) is 35.1 Å². The Morgan fingerprint density at radius 1 is 1.29 bits per heavy atom. The largest absolute Gasteiger partial charge is 0.406 e. The van der Waals surface area contributed by atoms with Gasteiger partial charge in [-0.25, -0.2) is 0 Å². The van der Waals surface area contributed by atoms with Crippen molar-refractivity contribution in [2.75, 3.05) is 13.6 Å². The van der Waals surface area contributed by atoms with Crippen molar-refractivity contribution in [1.29, 1.82) is 0 Å². The predicted octanol–water partition coefficient (Wildman–Crippen LogP) is 2.29. The third-order valence-corrected chi connectivity index (χ3v) is 2.32. The number of nitrogens with zero attached hydrogens (tertiary/aromatic N) is 2. The van der Waals surface area contributed by atoms with Crippen LogP contribution >= 0.6 is 0 Å². The third-order valence-electron chi connectivity index (χ3n) is 2.32. The van der Waals surface area contributed by atoms with Gasteiger partial charge in [0.25, 0.3) is 0 Å². The molecule has 6 heteroatoms. The normalized spacial score (nSPS) is 11.5. The lowest BCUT2D eigenvalue weighted by Crippen LogP contribution is -2.35. The summed E-state index contributed by atoms with van der Waals surface area (Å²) >= 11 is 0. The molecule has 1 aromatic heterocycles. The minimum Gasteiger partial charge on any atom is -0.354 e. The summed E-state index contributed by atoms with van der Waals surface area (Å²) in [5.74, 6) is -0.477. The monoisotopic (exact) mass is 248 g/mol. The molecule has 1 aromatic rings. The van der Waals surface area contributed by atoms with Gasteiger partial charge in [-0.15, -0.1) is 0 Å². The summed E-state index contributed by atoms with van der Waals surface area (Å²) in [6.45, 7) is -0.548.